The van der Waals surface area contributed by atoms with Gasteiger partial charge in [0.2, 0.25) is 0 Å². The number of hydrogen-bond donors (Lipinski definition) is 2. The van der Waals surface area contributed by atoms with Crippen molar-refractivity contribution in [1.29, 1.82) is 0 Å². The molecule has 0 aliphatic rings. The molecule has 0 radical (unpaired) electrons. The van der Waals surface area contributed by atoms with Crippen LogP contribution in [-0.2, 0) is 0 Å². The van der Waals surface area contributed by atoms with Gasteiger partial charge in [-0.2, -0.15) is 13.2 Å². The van der Waals surface area contributed by atoms with Crippen molar-refractivity contribution in [3.63, 3.8) is 0 Å². The molecule has 1 rings (SSSR count). The number of alkyl halides is 3. The van der Waals surface area contributed by atoms with E-state index in [1.807, 2.05) is 0 Å². The largest absolute Gasteiger partial charge is 0.441 e. The molecule has 106 valence electrons. The Morgan fingerprint density at radius 3 is 2.63 bits per heavy atom. The summed E-state index contributed by atoms with van der Waals surface area (Å²) in [6.45, 7) is -0.150. The molecule has 0 atom stereocenters. The predicted molar refractivity (Wildman–Crippen MR) is 66.8 cm³/mol. The van der Waals surface area contributed by atoms with Gasteiger partial charge in [-0.15, -0.1) is 0 Å². The maximum absolute atomic E-state index is 13.4. The average Bonchev–Trinajstić information content (AvgIpc) is 2.33. The van der Waals surface area contributed by atoms with Gasteiger partial charge in [0.1, 0.15) is 5.82 Å². The molecular weight excluding hydrogens is 284 g/mol. The molecule has 0 aliphatic heterocycles. The van der Waals surface area contributed by atoms with Crippen LogP contribution < -0.4 is 10.6 Å². The molecule has 19 heavy (non-hydrogen) atoms. The van der Waals surface area contributed by atoms with Crippen LogP contribution in [0.2, 0.25) is 0 Å². The Hall–Kier alpha value is -1.44. The number of nitrogens with one attached hydrogen (secondary N) is 2. The number of thioether (sulfide) groups is 1. The number of amides is 1. The fraction of sp³-hybridized carbons (Fsp3) is 0.364. The van der Waals surface area contributed by atoms with E-state index < -0.39 is 17.2 Å². The molecule has 8 heteroatoms. The Kier molecular flexibility index (Phi) is 5.46. The van der Waals surface area contributed by atoms with E-state index in [2.05, 4.69) is 10.6 Å². The number of carbonyl (C=O) groups is 1. The molecule has 0 unspecified atom stereocenters. The third kappa shape index (κ3) is 4.98. The van der Waals surface area contributed by atoms with Crippen LogP contribution in [0, 0.1) is 5.82 Å². The molecule has 3 nitrogen and oxygen atoms in total. The van der Waals surface area contributed by atoms with E-state index in [-0.39, 0.29) is 35.3 Å². The fourth-order valence-electron chi connectivity index (χ4n) is 1.39. The zero-order valence-electron chi connectivity index (χ0n) is 9.97. The minimum Gasteiger partial charge on any atom is -0.385 e. The molecule has 2 N–H and O–H groups in total. The van der Waals surface area contributed by atoms with Crippen LogP contribution >= 0.6 is 11.8 Å². The predicted octanol–water partition coefficient (Wildman–Crippen LogP) is 2.85. The first-order valence-corrected chi connectivity index (χ1v) is 6.29. The SMILES string of the molecule is CNc1c(F)cccc1C(=O)NCCSC(F)(F)F. The van der Waals surface area contributed by atoms with Gasteiger partial charge in [0, 0.05) is 19.3 Å². The molecule has 0 aromatic heterocycles. The van der Waals surface area contributed by atoms with Crippen LogP contribution in [0.1, 0.15) is 10.4 Å². The topological polar surface area (TPSA) is 41.1 Å². The van der Waals surface area contributed by atoms with Crippen molar-refractivity contribution in [1.82, 2.24) is 5.32 Å². The Morgan fingerprint density at radius 2 is 2.05 bits per heavy atom. The molecule has 1 amide bonds. The highest BCUT2D eigenvalue weighted by molar-refractivity contribution is 8.00. The van der Waals surface area contributed by atoms with E-state index in [1.54, 1.807) is 0 Å². The van der Waals surface area contributed by atoms with Gasteiger partial charge in [0.25, 0.3) is 5.91 Å². The number of anilines is 1. The normalized spacial score (nSPS) is 11.2. The molecule has 0 bridgehead atoms. The van der Waals surface area contributed by atoms with E-state index in [0.717, 1.165) is 0 Å². The summed E-state index contributed by atoms with van der Waals surface area (Å²) in [5.74, 6) is -1.51. The van der Waals surface area contributed by atoms with Crippen molar-refractivity contribution in [3.8, 4) is 0 Å². The van der Waals surface area contributed by atoms with Gasteiger partial charge in [-0.05, 0) is 23.9 Å². The van der Waals surface area contributed by atoms with Gasteiger partial charge in [-0.1, -0.05) is 6.07 Å². The average molecular weight is 296 g/mol. The zero-order valence-corrected chi connectivity index (χ0v) is 10.8. The second-order valence-corrected chi connectivity index (χ2v) is 4.62. The van der Waals surface area contributed by atoms with Crippen molar-refractivity contribution < 1.29 is 22.4 Å². The van der Waals surface area contributed by atoms with Gasteiger partial charge in [0.05, 0.1) is 11.3 Å². The van der Waals surface area contributed by atoms with E-state index in [0.29, 0.717) is 0 Å². The van der Waals surface area contributed by atoms with Crippen molar-refractivity contribution in [2.24, 2.45) is 0 Å². The first kappa shape index (κ1) is 15.6. The minimum atomic E-state index is -4.32. The Balaban J connectivity index is 2.57. The number of para-hydroxylation sites is 1. The standard InChI is InChI=1S/C11H12F4N2OS/c1-16-9-7(3-2-4-8(9)12)10(18)17-5-6-19-11(13,14)15/h2-4,16H,5-6H2,1H3,(H,17,18). The second-order valence-electron chi connectivity index (χ2n) is 3.46. The van der Waals surface area contributed by atoms with Crippen LogP contribution in [0.3, 0.4) is 0 Å². The third-order valence-corrected chi connectivity index (χ3v) is 2.90. The molecule has 0 spiro atoms. The Bertz CT molecular complexity index is 451. The lowest BCUT2D eigenvalue weighted by atomic mass is 10.1. The first-order chi connectivity index (χ1) is 8.85. The van der Waals surface area contributed by atoms with Crippen LogP contribution in [-0.4, -0.2) is 30.8 Å². The van der Waals surface area contributed by atoms with Crippen molar-refractivity contribution >= 4 is 23.4 Å². The molecule has 0 heterocycles. The van der Waals surface area contributed by atoms with Gasteiger partial charge < -0.3 is 10.6 Å². The van der Waals surface area contributed by atoms with Gasteiger partial charge in [0.15, 0.2) is 0 Å². The van der Waals surface area contributed by atoms with Gasteiger partial charge in [-0.3, -0.25) is 4.79 Å². The molecule has 0 saturated carbocycles. The molecule has 1 aromatic carbocycles. The summed E-state index contributed by atoms with van der Waals surface area (Å²) in [5, 5.41) is 4.85. The molecular formula is C11H12F4N2OS. The third-order valence-electron chi connectivity index (χ3n) is 2.16. The van der Waals surface area contributed by atoms with Crippen LogP contribution in [0.5, 0.6) is 0 Å². The highest BCUT2D eigenvalue weighted by atomic mass is 32.2. The summed E-state index contributed by atoms with van der Waals surface area (Å²) in [4.78, 5) is 11.7. The summed E-state index contributed by atoms with van der Waals surface area (Å²) in [5.41, 5.74) is -4.25. The first-order valence-electron chi connectivity index (χ1n) is 5.30. The summed E-state index contributed by atoms with van der Waals surface area (Å²) >= 11 is -0.221. The molecule has 0 fully saturated rings. The van der Waals surface area contributed by atoms with Crippen molar-refractivity contribution in [3.05, 3.63) is 29.6 Å². The number of rotatable bonds is 5. The monoisotopic (exact) mass is 296 g/mol. The van der Waals surface area contributed by atoms with E-state index in [9.17, 15) is 22.4 Å². The maximum Gasteiger partial charge on any atom is 0.441 e. The highest BCUT2D eigenvalue weighted by Crippen LogP contribution is 2.29. The fourth-order valence-corrected chi connectivity index (χ4v) is 1.83. The quantitative estimate of drug-likeness (QED) is 0.648. The smallest absolute Gasteiger partial charge is 0.385 e. The van der Waals surface area contributed by atoms with E-state index >= 15 is 0 Å². The summed E-state index contributed by atoms with van der Waals surface area (Å²) in [7, 11) is 1.45. The summed E-state index contributed by atoms with van der Waals surface area (Å²) in [6, 6.07) is 3.93. The number of hydrogen-bond acceptors (Lipinski definition) is 3. The molecule has 0 saturated heterocycles. The number of carbonyl (C=O) groups excluding carboxylic acids is 1. The Labute approximate surface area is 111 Å². The van der Waals surface area contributed by atoms with Crippen molar-refractivity contribution in [2.75, 3.05) is 24.7 Å². The van der Waals surface area contributed by atoms with E-state index in [4.69, 9.17) is 0 Å². The van der Waals surface area contributed by atoms with Crippen LogP contribution in [0.4, 0.5) is 23.2 Å². The summed E-state index contributed by atoms with van der Waals surface area (Å²) < 4.78 is 49.0. The molecule has 1 aromatic rings. The van der Waals surface area contributed by atoms with E-state index in [1.165, 1.54) is 25.2 Å². The zero-order chi connectivity index (χ0) is 14.5. The highest BCUT2D eigenvalue weighted by Gasteiger charge is 2.27. The lowest BCUT2D eigenvalue weighted by Crippen LogP contribution is -2.27. The maximum atomic E-state index is 13.4. The lowest BCUT2D eigenvalue weighted by Gasteiger charge is -2.11. The van der Waals surface area contributed by atoms with Crippen molar-refractivity contribution in [2.45, 2.75) is 5.51 Å². The second kappa shape index (κ2) is 6.65. The van der Waals surface area contributed by atoms with Crippen LogP contribution in [0.15, 0.2) is 18.2 Å². The number of benzene rings is 1. The lowest BCUT2D eigenvalue weighted by molar-refractivity contribution is -0.0327. The molecule has 0 aliphatic carbocycles. The number of halogens is 4. The Morgan fingerprint density at radius 1 is 1.37 bits per heavy atom. The minimum absolute atomic E-state index is 0.0171. The van der Waals surface area contributed by atoms with Gasteiger partial charge >= 0.3 is 5.51 Å². The van der Waals surface area contributed by atoms with Crippen LogP contribution in [0.25, 0.3) is 0 Å². The van der Waals surface area contributed by atoms with Gasteiger partial charge in [-0.25, -0.2) is 4.39 Å². The summed E-state index contributed by atoms with van der Waals surface area (Å²) in [6.07, 6.45) is 0.